The van der Waals surface area contributed by atoms with E-state index in [-0.39, 0.29) is 17.5 Å². The smallest absolute Gasteiger partial charge is 0.203 e. The van der Waals surface area contributed by atoms with Crippen LogP contribution in [0.25, 0.3) is 0 Å². The molecule has 0 radical (unpaired) electrons. The van der Waals surface area contributed by atoms with E-state index in [4.69, 9.17) is 17.0 Å². The largest absolute Gasteiger partial charge is 0.305 e. The van der Waals surface area contributed by atoms with Crippen molar-refractivity contribution in [3.05, 3.63) is 46.5 Å². The molecule has 0 heterocycles. The van der Waals surface area contributed by atoms with Crippen LogP contribution in [0.2, 0.25) is 5.02 Å². The van der Waals surface area contributed by atoms with Crippen molar-refractivity contribution in [2.75, 3.05) is 0 Å². The van der Waals surface area contributed by atoms with Crippen LogP contribution in [0.4, 0.5) is 0 Å². The molecule has 4 nitrogen and oxygen atoms in total. The topological polar surface area (TPSA) is 95.2 Å². The van der Waals surface area contributed by atoms with Crippen LogP contribution in [0.3, 0.4) is 0 Å². The molecule has 0 saturated heterocycles. The van der Waals surface area contributed by atoms with Crippen molar-refractivity contribution in [1.82, 2.24) is 0 Å². The lowest BCUT2D eigenvalue weighted by atomic mass is 9.53. The molecule has 1 aromatic carbocycles. The number of rotatable bonds is 1. The highest BCUT2D eigenvalue weighted by Crippen LogP contribution is 2.55. The van der Waals surface area contributed by atoms with Crippen LogP contribution < -0.4 is 0 Å². The summed E-state index contributed by atoms with van der Waals surface area (Å²) in [6.45, 7) is 2.12. The number of allylic oxidation sites excluding steroid dienone is 2. The van der Waals surface area contributed by atoms with Crippen molar-refractivity contribution in [3.8, 4) is 18.2 Å². The van der Waals surface area contributed by atoms with Crippen LogP contribution >= 0.6 is 11.6 Å². The summed E-state index contributed by atoms with van der Waals surface area (Å²) >= 11 is 6.40. The van der Waals surface area contributed by atoms with E-state index in [0.29, 0.717) is 16.5 Å². The molecule has 5 heteroatoms. The Hall–Kier alpha value is -2.61. The van der Waals surface area contributed by atoms with Crippen LogP contribution in [-0.2, 0) is 0 Å². The number of nitrogens with one attached hydrogen (secondary N) is 1. The molecule has 124 valence electrons. The third-order valence-electron chi connectivity index (χ3n) is 5.48. The van der Waals surface area contributed by atoms with Crippen LogP contribution in [0.15, 0.2) is 35.9 Å². The summed E-state index contributed by atoms with van der Waals surface area (Å²) in [6, 6.07) is 13.6. The fourth-order valence-corrected chi connectivity index (χ4v) is 4.53. The van der Waals surface area contributed by atoms with Gasteiger partial charge in [0.1, 0.15) is 0 Å². The minimum atomic E-state index is -1.64. The number of halogens is 1. The van der Waals surface area contributed by atoms with Gasteiger partial charge in [0.25, 0.3) is 0 Å². The Kier molecular flexibility index (Phi) is 4.38. The zero-order valence-corrected chi connectivity index (χ0v) is 14.6. The van der Waals surface area contributed by atoms with E-state index in [2.05, 4.69) is 13.0 Å². The van der Waals surface area contributed by atoms with Crippen molar-refractivity contribution in [3.63, 3.8) is 0 Å². The average Bonchev–Trinajstić information content (AvgIpc) is 2.62. The van der Waals surface area contributed by atoms with Crippen LogP contribution in [0.5, 0.6) is 0 Å². The highest BCUT2D eigenvalue weighted by molar-refractivity contribution is 6.31. The predicted molar refractivity (Wildman–Crippen MR) is 94.7 cm³/mol. The zero-order valence-electron chi connectivity index (χ0n) is 13.8. The molecule has 25 heavy (non-hydrogen) atoms. The molecule has 0 amide bonds. The summed E-state index contributed by atoms with van der Waals surface area (Å²) in [5, 5.41) is 38.4. The molecular weight excluding hydrogens is 332 g/mol. The summed E-state index contributed by atoms with van der Waals surface area (Å²) in [5.74, 6) is -0.899. The Balaban J connectivity index is 2.26. The number of nitrogens with zero attached hydrogens (tertiary/aromatic N) is 3. The zero-order chi connectivity index (χ0) is 18.2. The quantitative estimate of drug-likeness (QED) is 0.751. The number of nitriles is 3. The van der Waals surface area contributed by atoms with Crippen LogP contribution in [-0.4, -0.2) is 5.71 Å². The first-order valence-electron chi connectivity index (χ1n) is 8.26. The first-order valence-corrected chi connectivity index (χ1v) is 8.64. The summed E-state index contributed by atoms with van der Waals surface area (Å²) < 4.78 is 0. The monoisotopic (exact) mass is 348 g/mol. The first-order chi connectivity index (χ1) is 12.0. The molecule has 0 spiro atoms. The minimum Gasteiger partial charge on any atom is -0.305 e. The van der Waals surface area contributed by atoms with E-state index in [1.165, 1.54) is 0 Å². The summed E-state index contributed by atoms with van der Waals surface area (Å²) in [7, 11) is 0. The van der Waals surface area contributed by atoms with Gasteiger partial charge in [-0.25, -0.2) is 0 Å². The third kappa shape index (κ3) is 2.44. The van der Waals surface area contributed by atoms with Gasteiger partial charge in [0.2, 0.25) is 5.41 Å². The first kappa shape index (κ1) is 17.2. The molecule has 0 aromatic heterocycles. The van der Waals surface area contributed by atoms with E-state index in [0.717, 1.165) is 18.4 Å². The lowest BCUT2D eigenvalue weighted by Crippen LogP contribution is -2.48. The second-order valence-electron chi connectivity index (χ2n) is 6.88. The molecule has 3 rings (SSSR count). The molecule has 0 aliphatic heterocycles. The van der Waals surface area contributed by atoms with E-state index < -0.39 is 11.3 Å². The molecule has 1 saturated carbocycles. The fraction of sp³-hybridized carbons (Fsp3) is 0.400. The van der Waals surface area contributed by atoms with Crippen LogP contribution in [0, 0.1) is 62.6 Å². The predicted octanol–water partition coefficient (Wildman–Crippen LogP) is 4.60. The van der Waals surface area contributed by atoms with Crippen LogP contribution in [0.1, 0.15) is 31.2 Å². The van der Waals surface area contributed by atoms with Gasteiger partial charge >= 0.3 is 0 Å². The number of fused-ring (bicyclic) bond motifs is 1. The van der Waals surface area contributed by atoms with Gasteiger partial charge in [0.15, 0.2) is 0 Å². The molecule has 1 N–H and O–H groups in total. The van der Waals surface area contributed by atoms with E-state index in [1.54, 1.807) is 6.07 Å². The van der Waals surface area contributed by atoms with Gasteiger partial charge < -0.3 is 5.41 Å². The molecule has 1 fully saturated rings. The van der Waals surface area contributed by atoms with E-state index in [1.807, 2.05) is 36.4 Å². The molecular formula is C20H17ClN4. The van der Waals surface area contributed by atoms with E-state index >= 15 is 0 Å². The number of hydrogen-bond donors (Lipinski definition) is 1. The lowest BCUT2D eigenvalue weighted by molar-refractivity contribution is 0.299. The molecule has 0 unspecified atom stereocenters. The van der Waals surface area contributed by atoms with Gasteiger partial charge in [-0.15, -0.1) is 0 Å². The van der Waals surface area contributed by atoms with Gasteiger partial charge in [-0.05, 0) is 41.9 Å². The van der Waals surface area contributed by atoms with Gasteiger partial charge in [0, 0.05) is 10.9 Å². The van der Waals surface area contributed by atoms with Crippen molar-refractivity contribution in [2.45, 2.75) is 25.7 Å². The van der Waals surface area contributed by atoms with E-state index in [9.17, 15) is 15.8 Å². The Morgan fingerprint density at radius 1 is 1.20 bits per heavy atom. The average molecular weight is 349 g/mol. The lowest BCUT2D eigenvalue weighted by Gasteiger charge is -2.46. The molecule has 1 aromatic rings. The SMILES string of the molecule is C[C@H]1CC=C2[C@@H](C1)[C@H](c1ccccc1Cl)[C@H](C#N)C(=N)C2(C#N)C#N. The molecule has 2 aliphatic rings. The second kappa shape index (κ2) is 6.36. The Bertz CT molecular complexity index is 866. The number of hydrogen-bond acceptors (Lipinski definition) is 4. The molecule has 2 aliphatic carbocycles. The van der Waals surface area contributed by atoms with Crippen molar-refractivity contribution >= 4 is 17.3 Å². The van der Waals surface area contributed by atoms with Crippen molar-refractivity contribution < 1.29 is 0 Å². The summed E-state index contributed by atoms with van der Waals surface area (Å²) in [5.41, 5.74) is -0.267. The summed E-state index contributed by atoms with van der Waals surface area (Å²) in [6.07, 6.45) is 3.49. The van der Waals surface area contributed by atoms with Gasteiger partial charge in [-0.1, -0.05) is 42.8 Å². The molecule has 0 bridgehead atoms. The Morgan fingerprint density at radius 2 is 1.88 bits per heavy atom. The fourth-order valence-electron chi connectivity index (χ4n) is 4.27. The van der Waals surface area contributed by atoms with Gasteiger partial charge in [0.05, 0.1) is 29.8 Å². The maximum atomic E-state index is 9.79. The number of benzene rings is 1. The van der Waals surface area contributed by atoms with Gasteiger partial charge in [-0.3, -0.25) is 0 Å². The normalized spacial score (nSPS) is 30.2. The maximum absolute atomic E-state index is 9.79. The minimum absolute atomic E-state index is 0.123. The van der Waals surface area contributed by atoms with Gasteiger partial charge in [-0.2, -0.15) is 15.8 Å². The highest BCUT2D eigenvalue weighted by atomic mass is 35.5. The standard InChI is InChI=1S/C20H17ClN4/c1-12-6-7-16-14(8-12)18(13-4-2-3-5-17(13)21)15(9-22)19(25)20(16,10-23)11-24/h2-5,7,12,14-15,18,25H,6,8H2,1H3/t12-,14+,15-,18-/m0/s1. The van der Waals surface area contributed by atoms with Crippen molar-refractivity contribution in [1.29, 1.82) is 21.2 Å². The van der Waals surface area contributed by atoms with Crippen molar-refractivity contribution in [2.24, 2.45) is 23.2 Å². The Labute approximate surface area is 152 Å². The summed E-state index contributed by atoms with van der Waals surface area (Å²) in [4.78, 5) is 0. The third-order valence-corrected chi connectivity index (χ3v) is 5.82. The highest BCUT2D eigenvalue weighted by Gasteiger charge is 2.56. The maximum Gasteiger partial charge on any atom is 0.203 e. The second-order valence-corrected chi connectivity index (χ2v) is 7.29. The Morgan fingerprint density at radius 3 is 2.48 bits per heavy atom. The molecule has 4 atom stereocenters.